The SMILES string of the molecule is CC(C=O)C1CCCN1C(=O)OC(C)(C)C. The zero-order chi connectivity index (χ0) is 12.3. The van der Waals surface area contributed by atoms with Crippen LogP contribution in [0.3, 0.4) is 0 Å². The molecule has 0 radical (unpaired) electrons. The number of aldehydes is 1. The maximum absolute atomic E-state index is 11.9. The smallest absolute Gasteiger partial charge is 0.410 e. The van der Waals surface area contributed by atoms with Gasteiger partial charge in [-0.1, -0.05) is 6.92 Å². The van der Waals surface area contributed by atoms with Gasteiger partial charge in [-0.15, -0.1) is 0 Å². The standard InChI is InChI=1S/C12H21NO3/c1-9(8-14)10-6-5-7-13(10)11(15)16-12(2,3)4/h8-10H,5-7H2,1-4H3. The number of carbonyl (C=O) groups excluding carboxylic acids is 2. The van der Waals surface area contributed by atoms with E-state index < -0.39 is 5.60 Å². The molecule has 0 N–H and O–H groups in total. The van der Waals surface area contributed by atoms with Gasteiger partial charge in [-0.25, -0.2) is 4.79 Å². The largest absolute Gasteiger partial charge is 0.444 e. The molecule has 0 spiro atoms. The van der Waals surface area contributed by atoms with Crippen molar-refractivity contribution in [1.29, 1.82) is 0 Å². The van der Waals surface area contributed by atoms with Crippen LogP contribution in [0.15, 0.2) is 0 Å². The summed E-state index contributed by atoms with van der Waals surface area (Å²) < 4.78 is 5.32. The lowest BCUT2D eigenvalue weighted by Crippen LogP contribution is -2.42. The van der Waals surface area contributed by atoms with Gasteiger partial charge in [0.15, 0.2) is 0 Å². The molecule has 0 saturated carbocycles. The number of amides is 1. The van der Waals surface area contributed by atoms with Crippen LogP contribution >= 0.6 is 0 Å². The van der Waals surface area contributed by atoms with Crippen molar-refractivity contribution in [2.45, 2.75) is 52.2 Å². The molecule has 0 aromatic heterocycles. The molecule has 4 heteroatoms. The molecule has 2 unspecified atom stereocenters. The highest BCUT2D eigenvalue weighted by Gasteiger charge is 2.34. The van der Waals surface area contributed by atoms with Crippen LogP contribution in [0, 0.1) is 5.92 Å². The topological polar surface area (TPSA) is 46.6 Å². The van der Waals surface area contributed by atoms with Crippen LogP contribution in [0.1, 0.15) is 40.5 Å². The summed E-state index contributed by atoms with van der Waals surface area (Å²) in [4.78, 5) is 24.3. The van der Waals surface area contributed by atoms with Crippen molar-refractivity contribution in [3.63, 3.8) is 0 Å². The fourth-order valence-corrected chi connectivity index (χ4v) is 1.98. The summed E-state index contributed by atoms with van der Waals surface area (Å²) in [5, 5.41) is 0. The number of likely N-dealkylation sites (tertiary alicyclic amines) is 1. The van der Waals surface area contributed by atoms with E-state index in [9.17, 15) is 9.59 Å². The van der Waals surface area contributed by atoms with E-state index in [2.05, 4.69) is 0 Å². The van der Waals surface area contributed by atoms with E-state index in [1.807, 2.05) is 27.7 Å². The third kappa shape index (κ3) is 3.22. The predicted molar refractivity (Wildman–Crippen MR) is 61.2 cm³/mol. The summed E-state index contributed by atoms with van der Waals surface area (Å²) in [5.74, 6) is -0.116. The number of hydrogen-bond acceptors (Lipinski definition) is 3. The molecule has 1 aliphatic heterocycles. The van der Waals surface area contributed by atoms with Crippen LogP contribution in [0.2, 0.25) is 0 Å². The molecular formula is C12H21NO3. The average Bonchev–Trinajstić information content (AvgIpc) is 2.62. The molecule has 1 amide bonds. The van der Waals surface area contributed by atoms with Gasteiger partial charge in [-0.2, -0.15) is 0 Å². The second kappa shape index (κ2) is 4.85. The molecule has 16 heavy (non-hydrogen) atoms. The van der Waals surface area contributed by atoms with Gasteiger partial charge in [0.1, 0.15) is 11.9 Å². The van der Waals surface area contributed by atoms with E-state index in [1.54, 1.807) is 4.90 Å². The molecule has 1 heterocycles. The summed E-state index contributed by atoms with van der Waals surface area (Å²) in [5.41, 5.74) is -0.478. The van der Waals surface area contributed by atoms with Gasteiger partial charge < -0.3 is 14.4 Å². The summed E-state index contributed by atoms with van der Waals surface area (Å²) in [6, 6.07) is 0.00681. The van der Waals surface area contributed by atoms with E-state index in [-0.39, 0.29) is 18.1 Å². The van der Waals surface area contributed by atoms with Crippen molar-refractivity contribution in [3.05, 3.63) is 0 Å². The quantitative estimate of drug-likeness (QED) is 0.679. The Bertz CT molecular complexity index is 270. The lowest BCUT2D eigenvalue weighted by molar-refractivity contribution is -0.112. The Labute approximate surface area is 96.9 Å². The van der Waals surface area contributed by atoms with Gasteiger partial charge in [0.2, 0.25) is 0 Å². The van der Waals surface area contributed by atoms with Gasteiger partial charge in [0, 0.05) is 18.5 Å². The van der Waals surface area contributed by atoms with Gasteiger partial charge in [0.25, 0.3) is 0 Å². The molecule has 0 aromatic rings. The van der Waals surface area contributed by atoms with Crippen LogP contribution in [0.25, 0.3) is 0 Å². The second-order valence-electron chi connectivity index (χ2n) is 5.38. The molecule has 1 rings (SSSR count). The molecule has 0 aliphatic carbocycles. The average molecular weight is 227 g/mol. The first-order valence-electron chi connectivity index (χ1n) is 5.80. The van der Waals surface area contributed by atoms with Crippen LogP contribution in [0.5, 0.6) is 0 Å². The second-order valence-corrected chi connectivity index (χ2v) is 5.38. The Morgan fingerprint density at radius 1 is 1.50 bits per heavy atom. The zero-order valence-corrected chi connectivity index (χ0v) is 10.5. The van der Waals surface area contributed by atoms with Crippen molar-refractivity contribution in [1.82, 2.24) is 4.90 Å². The molecule has 2 atom stereocenters. The maximum Gasteiger partial charge on any atom is 0.410 e. The molecule has 0 aromatic carbocycles. The van der Waals surface area contributed by atoms with Crippen molar-refractivity contribution >= 4 is 12.4 Å². The number of ether oxygens (including phenoxy) is 1. The van der Waals surface area contributed by atoms with Gasteiger partial charge in [-0.3, -0.25) is 0 Å². The Morgan fingerprint density at radius 3 is 2.62 bits per heavy atom. The number of carbonyl (C=O) groups is 2. The molecular weight excluding hydrogens is 206 g/mol. The van der Waals surface area contributed by atoms with Gasteiger partial charge >= 0.3 is 6.09 Å². The Kier molecular flexibility index (Phi) is 3.94. The summed E-state index contributed by atoms with van der Waals surface area (Å²) in [7, 11) is 0. The van der Waals surface area contributed by atoms with E-state index in [0.717, 1.165) is 19.1 Å². The third-order valence-corrected chi connectivity index (χ3v) is 2.75. The van der Waals surface area contributed by atoms with E-state index in [1.165, 1.54) is 0 Å². The summed E-state index contributed by atoms with van der Waals surface area (Å²) >= 11 is 0. The van der Waals surface area contributed by atoms with Crippen LogP contribution in [-0.2, 0) is 9.53 Å². The van der Waals surface area contributed by atoms with Gasteiger partial charge in [-0.05, 0) is 33.6 Å². The van der Waals surface area contributed by atoms with Crippen LogP contribution in [0.4, 0.5) is 4.79 Å². The van der Waals surface area contributed by atoms with Crippen molar-refractivity contribution < 1.29 is 14.3 Å². The zero-order valence-electron chi connectivity index (χ0n) is 10.5. The summed E-state index contributed by atoms with van der Waals surface area (Å²) in [6.07, 6.45) is 2.44. The molecule has 4 nitrogen and oxygen atoms in total. The maximum atomic E-state index is 11.9. The fourth-order valence-electron chi connectivity index (χ4n) is 1.98. The number of nitrogens with zero attached hydrogens (tertiary/aromatic N) is 1. The minimum atomic E-state index is -0.478. The van der Waals surface area contributed by atoms with E-state index >= 15 is 0 Å². The molecule has 0 bridgehead atoms. The first kappa shape index (κ1) is 13.0. The first-order valence-corrected chi connectivity index (χ1v) is 5.80. The molecule has 92 valence electrons. The third-order valence-electron chi connectivity index (χ3n) is 2.75. The predicted octanol–water partition coefficient (Wildman–Crippen LogP) is 2.22. The lowest BCUT2D eigenvalue weighted by Gasteiger charge is -2.29. The Hall–Kier alpha value is -1.06. The van der Waals surface area contributed by atoms with Crippen molar-refractivity contribution in [2.75, 3.05) is 6.54 Å². The minimum absolute atomic E-state index is 0.00681. The number of rotatable bonds is 2. The van der Waals surface area contributed by atoms with Gasteiger partial charge in [0.05, 0.1) is 0 Å². The highest BCUT2D eigenvalue weighted by molar-refractivity contribution is 5.70. The summed E-state index contributed by atoms with van der Waals surface area (Å²) in [6.45, 7) is 8.08. The Morgan fingerprint density at radius 2 is 2.12 bits per heavy atom. The number of hydrogen-bond donors (Lipinski definition) is 0. The lowest BCUT2D eigenvalue weighted by atomic mass is 10.0. The minimum Gasteiger partial charge on any atom is -0.444 e. The van der Waals surface area contributed by atoms with Crippen molar-refractivity contribution in [2.24, 2.45) is 5.92 Å². The van der Waals surface area contributed by atoms with E-state index in [0.29, 0.717) is 6.54 Å². The monoisotopic (exact) mass is 227 g/mol. The van der Waals surface area contributed by atoms with E-state index in [4.69, 9.17) is 4.74 Å². The van der Waals surface area contributed by atoms with Crippen LogP contribution < -0.4 is 0 Å². The highest BCUT2D eigenvalue weighted by Crippen LogP contribution is 2.25. The highest BCUT2D eigenvalue weighted by atomic mass is 16.6. The van der Waals surface area contributed by atoms with Crippen molar-refractivity contribution in [3.8, 4) is 0 Å². The Balaban J connectivity index is 2.64. The normalized spacial score (nSPS) is 23.0. The fraction of sp³-hybridized carbons (Fsp3) is 0.833. The first-order chi connectivity index (χ1) is 7.35. The molecule has 1 saturated heterocycles. The molecule has 1 aliphatic rings. The molecule has 1 fully saturated rings. The van der Waals surface area contributed by atoms with Crippen LogP contribution in [-0.4, -0.2) is 35.5 Å².